The first-order valence-corrected chi connectivity index (χ1v) is 5.81. The highest BCUT2D eigenvalue weighted by atomic mass is 16.5. The van der Waals surface area contributed by atoms with E-state index in [0.29, 0.717) is 18.5 Å². The highest BCUT2D eigenvalue weighted by Gasteiger charge is 2.16. The van der Waals surface area contributed by atoms with Crippen LogP contribution in [0.3, 0.4) is 0 Å². The van der Waals surface area contributed by atoms with Gasteiger partial charge in [-0.25, -0.2) is 4.98 Å². The Morgan fingerprint density at radius 1 is 1.56 bits per heavy atom. The molecule has 1 saturated heterocycles. The Morgan fingerprint density at radius 3 is 3.06 bits per heavy atom. The van der Waals surface area contributed by atoms with Crippen LogP contribution in [0.1, 0.15) is 36.4 Å². The van der Waals surface area contributed by atoms with Gasteiger partial charge in [0.15, 0.2) is 0 Å². The summed E-state index contributed by atoms with van der Waals surface area (Å²) >= 11 is 0. The van der Waals surface area contributed by atoms with E-state index in [1.807, 2.05) is 6.20 Å². The number of rotatable bonds is 3. The summed E-state index contributed by atoms with van der Waals surface area (Å²) in [6.07, 6.45) is 5.62. The van der Waals surface area contributed by atoms with Gasteiger partial charge in [0.2, 0.25) is 5.88 Å². The number of ether oxygens (including phenoxy) is 1. The second-order valence-electron chi connectivity index (χ2n) is 4.14. The van der Waals surface area contributed by atoms with Crippen molar-refractivity contribution < 1.29 is 4.74 Å². The van der Waals surface area contributed by atoms with Gasteiger partial charge >= 0.3 is 0 Å². The zero-order valence-corrected chi connectivity index (χ0v) is 9.70. The van der Waals surface area contributed by atoms with Crippen LogP contribution in [0.15, 0.2) is 12.3 Å². The van der Waals surface area contributed by atoms with E-state index in [2.05, 4.69) is 16.4 Å². The maximum absolute atomic E-state index is 5.68. The first-order valence-electron chi connectivity index (χ1n) is 5.81. The summed E-state index contributed by atoms with van der Waals surface area (Å²) in [5.74, 6) is 0.641. The summed E-state index contributed by atoms with van der Waals surface area (Å²) < 4.78 is 5.17. The molecule has 2 heterocycles. The van der Waals surface area contributed by atoms with Crippen molar-refractivity contribution in [2.75, 3.05) is 13.7 Å². The smallest absolute Gasteiger partial charge is 0.217 e. The third kappa shape index (κ3) is 2.33. The molecule has 0 saturated carbocycles. The average Bonchev–Trinajstić information content (AvgIpc) is 2.39. The molecule has 4 heteroatoms. The Balaban J connectivity index is 2.20. The lowest BCUT2D eigenvalue weighted by Crippen LogP contribution is -2.27. The summed E-state index contributed by atoms with van der Waals surface area (Å²) in [4.78, 5) is 4.30. The predicted octanol–water partition coefficient (Wildman–Crippen LogP) is 1.36. The van der Waals surface area contributed by atoms with Crippen LogP contribution in [0.4, 0.5) is 0 Å². The highest BCUT2D eigenvalue weighted by Crippen LogP contribution is 2.25. The molecule has 0 amide bonds. The second kappa shape index (κ2) is 5.27. The molecule has 1 unspecified atom stereocenters. The monoisotopic (exact) mass is 221 g/mol. The minimum Gasteiger partial charge on any atom is -0.481 e. The highest BCUT2D eigenvalue weighted by molar-refractivity contribution is 5.31. The Morgan fingerprint density at radius 2 is 2.44 bits per heavy atom. The summed E-state index contributed by atoms with van der Waals surface area (Å²) in [6, 6.07) is 2.53. The number of aromatic nitrogens is 1. The topological polar surface area (TPSA) is 60.2 Å². The zero-order valence-electron chi connectivity index (χ0n) is 9.70. The van der Waals surface area contributed by atoms with E-state index in [1.54, 1.807) is 7.11 Å². The van der Waals surface area contributed by atoms with Crippen molar-refractivity contribution in [2.45, 2.75) is 31.8 Å². The summed E-state index contributed by atoms with van der Waals surface area (Å²) in [6.45, 7) is 1.56. The van der Waals surface area contributed by atoms with Crippen molar-refractivity contribution in [3.63, 3.8) is 0 Å². The maximum atomic E-state index is 5.68. The number of methoxy groups -OCH3 is 1. The molecular weight excluding hydrogens is 202 g/mol. The molecule has 0 aliphatic carbocycles. The van der Waals surface area contributed by atoms with Gasteiger partial charge in [0.05, 0.1) is 7.11 Å². The standard InChI is InChI=1S/C12H19N3O/c1-16-12-9(7-13)6-10(8-15-12)11-4-2-3-5-14-11/h6,8,11,14H,2-5,7,13H2,1H3. The van der Waals surface area contributed by atoms with E-state index in [4.69, 9.17) is 10.5 Å². The van der Waals surface area contributed by atoms with Crippen LogP contribution >= 0.6 is 0 Å². The van der Waals surface area contributed by atoms with Crippen molar-refractivity contribution >= 4 is 0 Å². The van der Waals surface area contributed by atoms with Gasteiger partial charge in [0.25, 0.3) is 0 Å². The fraction of sp³-hybridized carbons (Fsp3) is 0.583. The molecule has 88 valence electrons. The predicted molar refractivity (Wildman–Crippen MR) is 63.3 cm³/mol. The minimum atomic E-state index is 0.428. The lowest BCUT2D eigenvalue weighted by molar-refractivity contribution is 0.387. The molecule has 16 heavy (non-hydrogen) atoms. The van der Waals surface area contributed by atoms with Gasteiger partial charge in [-0.3, -0.25) is 0 Å². The molecular formula is C12H19N3O. The summed E-state index contributed by atoms with van der Waals surface area (Å²) in [5.41, 5.74) is 7.89. The van der Waals surface area contributed by atoms with Crippen molar-refractivity contribution in [2.24, 2.45) is 5.73 Å². The molecule has 0 spiro atoms. The van der Waals surface area contributed by atoms with Crippen LogP contribution in [0.25, 0.3) is 0 Å². The number of nitrogens with zero attached hydrogens (tertiary/aromatic N) is 1. The third-order valence-corrected chi connectivity index (χ3v) is 3.07. The normalized spacial score (nSPS) is 20.8. The fourth-order valence-electron chi connectivity index (χ4n) is 2.17. The van der Waals surface area contributed by atoms with Crippen molar-refractivity contribution in [3.8, 4) is 5.88 Å². The van der Waals surface area contributed by atoms with Crippen LogP contribution in [-0.2, 0) is 6.54 Å². The zero-order chi connectivity index (χ0) is 11.4. The van der Waals surface area contributed by atoms with Crippen LogP contribution in [-0.4, -0.2) is 18.6 Å². The SMILES string of the molecule is COc1ncc(C2CCCCN2)cc1CN. The van der Waals surface area contributed by atoms with E-state index in [-0.39, 0.29) is 0 Å². The van der Waals surface area contributed by atoms with Gasteiger partial charge in [-0.05, 0) is 31.0 Å². The molecule has 4 nitrogen and oxygen atoms in total. The molecule has 1 aromatic rings. The fourth-order valence-corrected chi connectivity index (χ4v) is 2.17. The molecule has 1 aliphatic heterocycles. The third-order valence-electron chi connectivity index (χ3n) is 3.07. The van der Waals surface area contributed by atoms with Crippen molar-refractivity contribution in [1.29, 1.82) is 0 Å². The molecule has 2 rings (SSSR count). The van der Waals surface area contributed by atoms with E-state index in [0.717, 1.165) is 12.1 Å². The number of nitrogens with one attached hydrogen (secondary N) is 1. The van der Waals surface area contributed by atoms with Gasteiger partial charge in [-0.2, -0.15) is 0 Å². The minimum absolute atomic E-state index is 0.428. The van der Waals surface area contributed by atoms with Gasteiger partial charge < -0.3 is 15.8 Å². The molecule has 0 radical (unpaired) electrons. The number of piperidine rings is 1. The van der Waals surface area contributed by atoms with Crippen molar-refractivity contribution in [1.82, 2.24) is 10.3 Å². The quantitative estimate of drug-likeness (QED) is 0.809. The molecule has 0 aromatic carbocycles. The number of nitrogens with two attached hydrogens (primary N) is 1. The van der Waals surface area contributed by atoms with Crippen LogP contribution < -0.4 is 15.8 Å². The van der Waals surface area contributed by atoms with E-state index >= 15 is 0 Å². The summed E-state index contributed by atoms with van der Waals surface area (Å²) in [7, 11) is 1.63. The van der Waals surface area contributed by atoms with Crippen molar-refractivity contribution in [3.05, 3.63) is 23.4 Å². The molecule has 1 aromatic heterocycles. The number of hydrogen-bond donors (Lipinski definition) is 2. The lowest BCUT2D eigenvalue weighted by atomic mass is 9.98. The van der Waals surface area contributed by atoms with Gasteiger partial charge in [-0.1, -0.05) is 6.42 Å². The van der Waals surface area contributed by atoms with E-state index in [9.17, 15) is 0 Å². The molecule has 3 N–H and O–H groups in total. The molecule has 1 atom stereocenters. The number of hydrogen-bond acceptors (Lipinski definition) is 4. The largest absolute Gasteiger partial charge is 0.481 e. The lowest BCUT2D eigenvalue weighted by Gasteiger charge is -2.24. The maximum Gasteiger partial charge on any atom is 0.217 e. The van der Waals surface area contributed by atoms with Crippen LogP contribution in [0.2, 0.25) is 0 Å². The van der Waals surface area contributed by atoms with Gasteiger partial charge in [0, 0.05) is 24.3 Å². The second-order valence-corrected chi connectivity index (χ2v) is 4.14. The Labute approximate surface area is 96.2 Å². The first-order chi connectivity index (χ1) is 7.85. The van der Waals surface area contributed by atoms with Gasteiger partial charge in [-0.15, -0.1) is 0 Å². The van der Waals surface area contributed by atoms with E-state index in [1.165, 1.54) is 24.8 Å². The number of pyridine rings is 1. The molecule has 0 bridgehead atoms. The Bertz CT molecular complexity index is 348. The Kier molecular flexibility index (Phi) is 3.74. The first kappa shape index (κ1) is 11.4. The summed E-state index contributed by atoms with van der Waals surface area (Å²) in [5, 5.41) is 3.50. The molecule has 1 fully saturated rings. The molecule has 1 aliphatic rings. The average molecular weight is 221 g/mol. The van der Waals surface area contributed by atoms with Gasteiger partial charge in [0.1, 0.15) is 0 Å². The Hall–Kier alpha value is -1.13. The van der Waals surface area contributed by atoms with Crippen LogP contribution in [0.5, 0.6) is 5.88 Å². The van der Waals surface area contributed by atoms with Crippen LogP contribution in [0, 0.1) is 0 Å². The van der Waals surface area contributed by atoms with E-state index < -0.39 is 0 Å².